The fourth-order valence-corrected chi connectivity index (χ4v) is 4.73. The number of nitrogens with zero attached hydrogens (tertiary/aromatic N) is 2. The van der Waals surface area contributed by atoms with Gasteiger partial charge in [-0.15, -0.1) is 0 Å². The summed E-state index contributed by atoms with van der Waals surface area (Å²) < 4.78 is 0. The summed E-state index contributed by atoms with van der Waals surface area (Å²) >= 11 is 0. The van der Waals surface area contributed by atoms with Crippen LogP contribution in [-0.2, 0) is 17.6 Å². The van der Waals surface area contributed by atoms with Crippen molar-refractivity contribution in [1.29, 1.82) is 0 Å². The number of carboxylic acid groups (broad SMARTS) is 1. The van der Waals surface area contributed by atoms with Gasteiger partial charge in [-0.05, 0) is 48.7 Å². The Labute approximate surface area is 183 Å². The molecule has 160 valence electrons. The largest absolute Gasteiger partial charge is 0.481 e. The molecule has 2 aromatic carbocycles. The van der Waals surface area contributed by atoms with E-state index in [2.05, 4.69) is 53.2 Å². The molecule has 2 N–H and O–H groups in total. The molecule has 5 heteroatoms. The van der Waals surface area contributed by atoms with E-state index in [1.165, 1.54) is 5.56 Å². The average Bonchev–Trinajstić information content (AvgIpc) is 3.43. The van der Waals surface area contributed by atoms with Crippen LogP contribution in [0.1, 0.15) is 24.5 Å². The lowest BCUT2D eigenvalue weighted by atomic mass is 9.83. The summed E-state index contributed by atoms with van der Waals surface area (Å²) in [6, 6.07) is 18.6. The molecular formula is C26H29N3O2. The van der Waals surface area contributed by atoms with Gasteiger partial charge in [0, 0.05) is 35.8 Å². The number of fused-ring (bicyclic) bond motifs is 1. The maximum atomic E-state index is 11.9. The molecule has 0 radical (unpaired) electrons. The quantitative estimate of drug-likeness (QED) is 0.504. The Balaban J connectivity index is 1.65. The number of H-pyrrole nitrogens is 1. The van der Waals surface area contributed by atoms with Gasteiger partial charge in [0.15, 0.2) is 0 Å². The van der Waals surface area contributed by atoms with Crippen molar-refractivity contribution in [2.45, 2.75) is 31.8 Å². The standard InChI is InChI=1S/C26H29N3O2/c1-2-29(16-13-20-9-4-3-5-10-20)26(14-8-15-28-26)22(18-25(30)31)17-21-19-27-24-12-7-6-11-23(21)24/h3-12,14-15,19,22,27H,2,13,16-18H2,1H3,(H,30,31). The lowest BCUT2D eigenvalue weighted by Gasteiger charge is -2.42. The second-order valence-electron chi connectivity index (χ2n) is 8.09. The molecule has 5 nitrogen and oxygen atoms in total. The number of hydrogen-bond donors (Lipinski definition) is 2. The van der Waals surface area contributed by atoms with Gasteiger partial charge in [0.25, 0.3) is 0 Å². The second-order valence-corrected chi connectivity index (χ2v) is 8.09. The lowest BCUT2D eigenvalue weighted by molar-refractivity contribution is -0.139. The Morgan fingerprint density at radius 3 is 2.65 bits per heavy atom. The number of carbonyl (C=O) groups is 1. The van der Waals surface area contributed by atoms with Crippen molar-refractivity contribution < 1.29 is 9.90 Å². The number of benzene rings is 2. The minimum absolute atomic E-state index is 0.0586. The first-order valence-corrected chi connectivity index (χ1v) is 10.9. The van der Waals surface area contributed by atoms with Crippen molar-refractivity contribution in [3.05, 3.63) is 84.1 Å². The monoisotopic (exact) mass is 415 g/mol. The second kappa shape index (κ2) is 9.31. The lowest BCUT2D eigenvalue weighted by Crippen LogP contribution is -2.52. The van der Waals surface area contributed by atoms with Gasteiger partial charge in [-0.2, -0.15) is 0 Å². The van der Waals surface area contributed by atoms with Crippen LogP contribution in [0.3, 0.4) is 0 Å². The Hall–Kier alpha value is -3.18. The number of carboxylic acids is 1. The fourth-order valence-electron chi connectivity index (χ4n) is 4.73. The zero-order valence-corrected chi connectivity index (χ0v) is 17.9. The highest BCUT2D eigenvalue weighted by Gasteiger charge is 2.43. The van der Waals surface area contributed by atoms with Crippen LogP contribution in [0.5, 0.6) is 0 Å². The van der Waals surface area contributed by atoms with E-state index in [1.54, 1.807) is 0 Å². The highest BCUT2D eigenvalue weighted by atomic mass is 16.4. The molecule has 0 spiro atoms. The molecule has 0 amide bonds. The first kappa shape index (κ1) is 21.1. The number of aromatic amines is 1. The molecule has 3 aromatic rings. The van der Waals surface area contributed by atoms with Crippen LogP contribution in [0.15, 0.2) is 77.9 Å². The third kappa shape index (κ3) is 4.47. The van der Waals surface area contributed by atoms with Gasteiger partial charge in [0.2, 0.25) is 0 Å². The summed E-state index contributed by atoms with van der Waals surface area (Å²) in [5.41, 5.74) is 2.83. The molecule has 2 unspecified atom stereocenters. The summed E-state index contributed by atoms with van der Waals surface area (Å²) in [6.45, 7) is 3.72. The molecule has 1 aliphatic heterocycles. The van der Waals surface area contributed by atoms with Crippen molar-refractivity contribution in [1.82, 2.24) is 9.88 Å². The fraction of sp³-hybridized carbons (Fsp3) is 0.308. The van der Waals surface area contributed by atoms with E-state index in [1.807, 2.05) is 42.8 Å². The third-order valence-corrected chi connectivity index (χ3v) is 6.27. The molecular weight excluding hydrogens is 386 g/mol. The summed E-state index contributed by atoms with van der Waals surface area (Å²) in [5, 5.41) is 10.9. The van der Waals surface area contributed by atoms with Gasteiger partial charge in [0.05, 0.1) is 6.42 Å². The first-order valence-electron chi connectivity index (χ1n) is 10.9. The minimum atomic E-state index is -0.793. The zero-order chi connectivity index (χ0) is 21.7. The summed E-state index contributed by atoms with van der Waals surface area (Å²) in [7, 11) is 0. The van der Waals surface area contributed by atoms with Crippen molar-refractivity contribution in [3.8, 4) is 0 Å². The number of rotatable bonds is 10. The van der Waals surface area contributed by atoms with Crippen LogP contribution in [0, 0.1) is 5.92 Å². The van der Waals surface area contributed by atoms with Crippen molar-refractivity contribution >= 4 is 23.1 Å². The van der Waals surface area contributed by atoms with Gasteiger partial charge in [-0.3, -0.25) is 14.7 Å². The van der Waals surface area contributed by atoms with Crippen LogP contribution < -0.4 is 0 Å². The molecule has 2 atom stereocenters. The highest BCUT2D eigenvalue weighted by molar-refractivity contribution is 5.83. The van der Waals surface area contributed by atoms with Crippen LogP contribution in [0.25, 0.3) is 10.9 Å². The van der Waals surface area contributed by atoms with Crippen molar-refractivity contribution in [3.63, 3.8) is 0 Å². The number of nitrogens with one attached hydrogen (secondary N) is 1. The van der Waals surface area contributed by atoms with Gasteiger partial charge in [-0.1, -0.05) is 55.5 Å². The first-order chi connectivity index (χ1) is 15.1. The number of allylic oxidation sites excluding steroid dienone is 1. The summed E-state index contributed by atoms with van der Waals surface area (Å²) in [4.78, 5) is 22.4. The zero-order valence-electron chi connectivity index (χ0n) is 17.9. The number of aliphatic imine (C=N–C) groups is 1. The Kier molecular flexibility index (Phi) is 6.33. The molecule has 0 saturated heterocycles. The third-order valence-electron chi connectivity index (χ3n) is 6.27. The molecule has 4 rings (SSSR count). The smallest absolute Gasteiger partial charge is 0.303 e. The van der Waals surface area contributed by atoms with E-state index in [9.17, 15) is 9.90 Å². The number of aromatic nitrogens is 1. The van der Waals surface area contributed by atoms with Gasteiger partial charge >= 0.3 is 5.97 Å². The van der Waals surface area contributed by atoms with E-state index < -0.39 is 11.6 Å². The van der Waals surface area contributed by atoms with E-state index in [4.69, 9.17) is 4.99 Å². The number of hydrogen-bond acceptors (Lipinski definition) is 3. The molecule has 0 bridgehead atoms. The van der Waals surface area contributed by atoms with Crippen LogP contribution in [0.4, 0.5) is 0 Å². The van der Waals surface area contributed by atoms with E-state index in [0.29, 0.717) is 6.42 Å². The van der Waals surface area contributed by atoms with Crippen LogP contribution in [0.2, 0.25) is 0 Å². The molecule has 1 aliphatic rings. The molecule has 1 aromatic heterocycles. The van der Waals surface area contributed by atoms with Crippen LogP contribution >= 0.6 is 0 Å². The SMILES string of the molecule is CCN(CCc1ccccc1)C1(C(CC(=O)O)Cc2c[nH]c3ccccc23)C=CC=N1. The predicted octanol–water partition coefficient (Wildman–Crippen LogP) is 4.70. The Morgan fingerprint density at radius 2 is 1.94 bits per heavy atom. The molecule has 0 fully saturated rings. The molecule has 0 aliphatic carbocycles. The number of likely N-dealkylation sites (N-methyl/N-ethyl adjacent to an activating group) is 1. The maximum absolute atomic E-state index is 11.9. The Bertz CT molecular complexity index is 1070. The van der Waals surface area contributed by atoms with Gasteiger partial charge in [-0.25, -0.2) is 0 Å². The van der Waals surface area contributed by atoms with E-state index >= 15 is 0 Å². The number of aliphatic carboxylic acids is 1. The average molecular weight is 416 g/mol. The Morgan fingerprint density at radius 1 is 1.16 bits per heavy atom. The van der Waals surface area contributed by atoms with Crippen molar-refractivity contribution in [2.75, 3.05) is 13.1 Å². The minimum Gasteiger partial charge on any atom is -0.481 e. The normalized spacial score (nSPS) is 18.8. The maximum Gasteiger partial charge on any atom is 0.303 e. The molecule has 2 heterocycles. The van der Waals surface area contributed by atoms with Gasteiger partial charge in [0.1, 0.15) is 5.66 Å². The molecule has 31 heavy (non-hydrogen) atoms. The van der Waals surface area contributed by atoms with Crippen molar-refractivity contribution in [2.24, 2.45) is 10.9 Å². The van der Waals surface area contributed by atoms with Crippen LogP contribution in [-0.4, -0.2) is 45.9 Å². The summed E-state index contributed by atoms with van der Waals surface area (Å²) in [5.74, 6) is -0.978. The van der Waals surface area contributed by atoms with Gasteiger partial charge < -0.3 is 10.1 Å². The topological polar surface area (TPSA) is 68.7 Å². The molecule has 0 saturated carbocycles. The number of para-hydroxylation sites is 1. The van der Waals surface area contributed by atoms with E-state index in [-0.39, 0.29) is 12.3 Å². The predicted molar refractivity (Wildman–Crippen MR) is 126 cm³/mol. The van der Waals surface area contributed by atoms with E-state index in [0.717, 1.165) is 36.0 Å². The highest BCUT2D eigenvalue weighted by Crippen LogP contribution is 2.37. The summed E-state index contributed by atoms with van der Waals surface area (Å²) in [6.07, 6.45) is 9.46.